The summed E-state index contributed by atoms with van der Waals surface area (Å²) in [7, 11) is -2.47. The highest BCUT2D eigenvalue weighted by Crippen LogP contribution is 2.53. The van der Waals surface area contributed by atoms with E-state index in [9.17, 15) is 0 Å². The largest absolute Gasteiger partial charge is 0.489 e. The second kappa shape index (κ2) is 13.9. The molecule has 0 aromatic heterocycles. The van der Waals surface area contributed by atoms with E-state index in [1.165, 1.54) is 71.9 Å². The molecule has 0 saturated carbocycles. The molecule has 0 spiro atoms. The minimum atomic E-state index is -2.47. The van der Waals surface area contributed by atoms with E-state index in [2.05, 4.69) is 200 Å². The molecular formula is C52H64OSi. The second-order valence-corrected chi connectivity index (χ2v) is 24.9. The van der Waals surface area contributed by atoms with E-state index in [1.54, 1.807) is 0 Å². The molecule has 0 radical (unpaired) electrons. The lowest BCUT2D eigenvalue weighted by Gasteiger charge is -2.37. The third-order valence-electron chi connectivity index (χ3n) is 11.6. The van der Waals surface area contributed by atoms with Crippen LogP contribution in [0.25, 0.3) is 33.4 Å². The topological polar surface area (TPSA) is 9.23 Å². The summed E-state index contributed by atoms with van der Waals surface area (Å²) < 4.78 is 6.84. The molecule has 282 valence electrons. The fourth-order valence-corrected chi connectivity index (χ4v) is 12.4. The molecule has 0 aliphatic heterocycles. The molecule has 5 aromatic carbocycles. The molecule has 0 atom stereocenters. The Labute approximate surface area is 328 Å². The zero-order valence-corrected chi connectivity index (χ0v) is 36.7. The number of fused-ring (bicyclic) bond motifs is 3. The monoisotopic (exact) mass is 732 g/mol. The van der Waals surface area contributed by atoms with Crippen molar-refractivity contribution in [1.29, 1.82) is 0 Å². The van der Waals surface area contributed by atoms with Gasteiger partial charge in [-0.3, -0.25) is 0 Å². The van der Waals surface area contributed by atoms with E-state index in [1.807, 2.05) is 6.08 Å². The van der Waals surface area contributed by atoms with Gasteiger partial charge >= 0.3 is 0 Å². The Kier molecular flexibility index (Phi) is 10.1. The summed E-state index contributed by atoms with van der Waals surface area (Å²) in [6.07, 6.45) is 1.89. The zero-order chi connectivity index (χ0) is 39.6. The summed E-state index contributed by atoms with van der Waals surface area (Å²) in [5, 5.41) is 1.39. The molecule has 0 heterocycles. The number of rotatable bonds is 7. The summed E-state index contributed by atoms with van der Waals surface area (Å²) in [4.78, 5) is 0. The Morgan fingerprint density at radius 1 is 0.537 bits per heavy atom. The molecule has 54 heavy (non-hydrogen) atoms. The minimum Gasteiger partial charge on any atom is -0.489 e. The van der Waals surface area contributed by atoms with Crippen molar-refractivity contribution in [3.8, 4) is 39.1 Å². The fraction of sp³-hybridized carbons (Fsp3) is 0.385. The highest BCUT2D eigenvalue weighted by atomic mass is 28.3. The van der Waals surface area contributed by atoms with Crippen LogP contribution in [-0.4, -0.2) is 14.7 Å². The van der Waals surface area contributed by atoms with E-state index in [0.717, 1.165) is 5.75 Å². The molecule has 0 fully saturated rings. The molecule has 0 amide bonds. The van der Waals surface area contributed by atoms with Gasteiger partial charge in [0.1, 0.15) is 12.4 Å². The standard InChI is InChI=1S/C52H64OSi/c1-16-29-53-47-45(52(11,12)13)32-36(49(2,3)4)33-46(47)54(14,15)48-41-30-34(37-21-17-19-23-43(37)50(5,6)7)25-27-39(41)40-28-26-35(31-42(40)48)38-22-18-20-24-44(38)51(8,9)10/h16-28,30-33,48H,1,29H2,2-15H3. The van der Waals surface area contributed by atoms with Crippen LogP contribution in [0.2, 0.25) is 13.1 Å². The normalized spacial score (nSPS) is 13.8. The molecule has 1 aliphatic rings. The third kappa shape index (κ3) is 7.31. The molecule has 0 bridgehead atoms. The third-order valence-corrected chi connectivity index (χ3v) is 15.5. The molecule has 0 unspecified atom stereocenters. The first-order chi connectivity index (χ1) is 25.0. The van der Waals surface area contributed by atoms with Gasteiger partial charge in [-0.1, -0.05) is 206 Å². The van der Waals surface area contributed by atoms with Crippen molar-refractivity contribution in [2.24, 2.45) is 0 Å². The first-order valence-corrected chi connectivity index (χ1v) is 23.0. The van der Waals surface area contributed by atoms with Crippen LogP contribution >= 0.6 is 0 Å². The van der Waals surface area contributed by atoms with Gasteiger partial charge in [0.25, 0.3) is 0 Å². The maximum atomic E-state index is 6.84. The zero-order valence-electron chi connectivity index (χ0n) is 35.7. The average Bonchev–Trinajstić information content (AvgIpc) is 3.42. The Morgan fingerprint density at radius 3 is 1.39 bits per heavy atom. The Balaban J connectivity index is 1.69. The van der Waals surface area contributed by atoms with E-state index in [0.29, 0.717) is 6.61 Å². The summed E-state index contributed by atoms with van der Waals surface area (Å²) in [6.45, 7) is 37.7. The molecule has 0 saturated heterocycles. The lowest BCUT2D eigenvalue weighted by molar-refractivity contribution is 0.353. The predicted molar refractivity (Wildman–Crippen MR) is 239 cm³/mol. The van der Waals surface area contributed by atoms with Crippen LogP contribution in [0.4, 0.5) is 0 Å². The van der Waals surface area contributed by atoms with Gasteiger partial charge in [-0.25, -0.2) is 0 Å². The fourth-order valence-electron chi connectivity index (χ4n) is 8.70. The lowest BCUT2D eigenvalue weighted by Crippen LogP contribution is -2.49. The molecule has 5 aromatic rings. The van der Waals surface area contributed by atoms with E-state index in [4.69, 9.17) is 4.74 Å². The molecule has 2 heteroatoms. The Morgan fingerprint density at radius 2 is 0.981 bits per heavy atom. The molecule has 0 N–H and O–H groups in total. The smallest absolute Gasteiger partial charge is 0.122 e. The van der Waals surface area contributed by atoms with Crippen LogP contribution in [-0.2, 0) is 21.7 Å². The maximum Gasteiger partial charge on any atom is 0.122 e. The quantitative estimate of drug-likeness (QED) is 0.120. The molecule has 1 nitrogen and oxygen atoms in total. The van der Waals surface area contributed by atoms with Gasteiger partial charge in [0, 0.05) is 5.54 Å². The van der Waals surface area contributed by atoms with Crippen molar-refractivity contribution in [3.05, 3.63) is 143 Å². The van der Waals surface area contributed by atoms with Crippen molar-refractivity contribution in [3.63, 3.8) is 0 Å². The molecule has 1 aliphatic carbocycles. The van der Waals surface area contributed by atoms with Crippen LogP contribution in [0.5, 0.6) is 5.75 Å². The van der Waals surface area contributed by atoms with Gasteiger partial charge in [0.2, 0.25) is 0 Å². The second-order valence-electron chi connectivity index (χ2n) is 20.4. The summed E-state index contributed by atoms with van der Waals surface area (Å²) in [5.41, 5.74) is 16.4. The van der Waals surface area contributed by atoms with Crippen molar-refractivity contribution in [2.45, 2.75) is 123 Å². The van der Waals surface area contributed by atoms with E-state index < -0.39 is 8.07 Å². The highest BCUT2D eigenvalue weighted by Gasteiger charge is 2.45. The molecule has 6 rings (SSSR count). The van der Waals surface area contributed by atoms with Crippen molar-refractivity contribution in [2.75, 3.05) is 6.61 Å². The SMILES string of the molecule is C=CCOc1c(C(C)(C)C)cc(C(C)(C)C)cc1[Si](C)(C)C1c2cc(-c3ccccc3C(C)(C)C)ccc2-c2ccc(-c3ccccc3C(C)(C)C)cc21. The summed E-state index contributed by atoms with van der Waals surface area (Å²) >= 11 is 0. The van der Waals surface area contributed by atoms with Crippen LogP contribution in [0.15, 0.2) is 110 Å². The lowest BCUT2D eigenvalue weighted by atomic mass is 9.80. The first kappa shape index (κ1) is 39.5. The van der Waals surface area contributed by atoms with Gasteiger partial charge in [0.15, 0.2) is 0 Å². The van der Waals surface area contributed by atoms with Gasteiger partial charge in [-0.2, -0.15) is 0 Å². The number of hydrogen-bond acceptors (Lipinski definition) is 1. The van der Waals surface area contributed by atoms with Crippen LogP contribution in [0.1, 0.15) is 122 Å². The van der Waals surface area contributed by atoms with E-state index >= 15 is 0 Å². The average molecular weight is 733 g/mol. The number of benzene rings is 5. The summed E-state index contributed by atoms with van der Waals surface area (Å²) in [6, 6.07) is 37.6. The van der Waals surface area contributed by atoms with Crippen molar-refractivity contribution >= 4 is 13.3 Å². The minimum absolute atomic E-state index is 0.0185. The molecular weight excluding hydrogens is 669 g/mol. The van der Waals surface area contributed by atoms with Crippen LogP contribution < -0.4 is 9.92 Å². The number of hydrogen-bond donors (Lipinski definition) is 0. The van der Waals surface area contributed by atoms with E-state index in [-0.39, 0.29) is 27.2 Å². The first-order valence-electron chi connectivity index (χ1n) is 20.0. The van der Waals surface area contributed by atoms with Gasteiger partial charge < -0.3 is 4.74 Å². The Bertz CT molecular complexity index is 2100. The van der Waals surface area contributed by atoms with Crippen LogP contribution in [0, 0.1) is 0 Å². The van der Waals surface area contributed by atoms with Gasteiger partial charge in [0.05, 0.1) is 8.07 Å². The number of ether oxygens (including phenoxy) is 1. The predicted octanol–water partition coefficient (Wildman–Crippen LogP) is 14.0. The summed E-state index contributed by atoms with van der Waals surface area (Å²) in [5.74, 6) is 1.06. The van der Waals surface area contributed by atoms with Crippen molar-refractivity contribution in [1.82, 2.24) is 0 Å². The highest BCUT2D eigenvalue weighted by molar-refractivity contribution is 6.92. The maximum absolute atomic E-state index is 6.84. The van der Waals surface area contributed by atoms with Gasteiger partial charge in [-0.15, -0.1) is 0 Å². The van der Waals surface area contributed by atoms with Crippen molar-refractivity contribution < 1.29 is 4.74 Å². The Hall–Kier alpha value is -4.14. The van der Waals surface area contributed by atoms with Gasteiger partial charge in [-0.05, 0) is 93.6 Å². The van der Waals surface area contributed by atoms with Crippen LogP contribution in [0.3, 0.4) is 0 Å².